The molecular formula is C10H19NO3. The third-order valence-corrected chi connectivity index (χ3v) is 2.46. The molecule has 0 radical (unpaired) electrons. The number of rotatable bonds is 4. The van der Waals surface area contributed by atoms with Crippen LogP contribution in [0.25, 0.3) is 0 Å². The molecule has 0 aromatic heterocycles. The fourth-order valence-electron chi connectivity index (χ4n) is 1.72. The predicted octanol–water partition coefficient (Wildman–Crippen LogP) is 0.660. The number of hydrogen-bond donors (Lipinski definition) is 0. The average Bonchev–Trinajstić information content (AvgIpc) is 2.20. The van der Waals surface area contributed by atoms with Crippen molar-refractivity contribution in [3.05, 3.63) is 0 Å². The van der Waals surface area contributed by atoms with Crippen molar-refractivity contribution in [1.29, 1.82) is 0 Å². The Morgan fingerprint density at radius 2 is 2.07 bits per heavy atom. The minimum absolute atomic E-state index is 0.0856. The van der Waals surface area contributed by atoms with Crippen molar-refractivity contribution >= 4 is 5.91 Å². The second-order valence-corrected chi connectivity index (χ2v) is 3.47. The number of amides is 1. The van der Waals surface area contributed by atoms with Crippen molar-refractivity contribution in [2.24, 2.45) is 0 Å². The number of carbonyl (C=O) groups is 1. The zero-order chi connectivity index (χ0) is 10.4. The first-order chi connectivity index (χ1) is 6.77. The molecule has 1 aliphatic heterocycles. The van der Waals surface area contributed by atoms with E-state index >= 15 is 0 Å². The van der Waals surface area contributed by atoms with E-state index in [1.165, 1.54) is 0 Å². The Bertz CT molecular complexity index is 176. The Labute approximate surface area is 85.2 Å². The van der Waals surface area contributed by atoms with E-state index in [2.05, 4.69) is 0 Å². The third kappa shape index (κ3) is 3.27. The van der Waals surface area contributed by atoms with Crippen LogP contribution in [0.15, 0.2) is 0 Å². The molecule has 0 aliphatic carbocycles. The van der Waals surface area contributed by atoms with Crippen LogP contribution in [0.5, 0.6) is 0 Å². The monoisotopic (exact) mass is 201 g/mol. The number of carbonyl (C=O) groups excluding carboxylic acids is 1. The van der Waals surface area contributed by atoms with Crippen LogP contribution in [-0.4, -0.2) is 50.3 Å². The SMILES string of the molecule is CCOC1CCN(C(=O)COC)CC1. The molecule has 1 fully saturated rings. The standard InChI is InChI=1S/C10H19NO3/c1-3-14-9-4-6-11(7-5-9)10(12)8-13-2/h9H,3-8H2,1-2H3. The van der Waals surface area contributed by atoms with Crippen LogP contribution >= 0.6 is 0 Å². The number of hydrogen-bond acceptors (Lipinski definition) is 3. The van der Waals surface area contributed by atoms with Crippen LogP contribution in [-0.2, 0) is 14.3 Å². The topological polar surface area (TPSA) is 38.8 Å². The quantitative estimate of drug-likeness (QED) is 0.670. The van der Waals surface area contributed by atoms with E-state index in [1.54, 1.807) is 7.11 Å². The molecule has 4 heteroatoms. The first-order valence-electron chi connectivity index (χ1n) is 5.16. The molecule has 0 saturated carbocycles. The summed E-state index contributed by atoms with van der Waals surface area (Å²) in [6.45, 7) is 4.55. The first kappa shape index (κ1) is 11.5. The molecule has 0 aromatic carbocycles. The molecule has 1 rings (SSSR count). The smallest absolute Gasteiger partial charge is 0.248 e. The lowest BCUT2D eigenvalue weighted by atomic mass is 10.1. The maximum atomic E-state index is 11.4. The summed E-state index contributed by atoms with van der Waals surface area (Å²) in [6.07, 6.45) is 2.23. The molecular weight excluding hydrogens is 182 g/mol. The number of ether oxygens (including phenoxy) is 2. The highest BCUT2D eigenvalue weighted by molar-refractivity contribution is 5.77. The van der Waals surface area contributed by atoms with Gasteiger partial charge >= 0.3 is 0 Å². The zero-order valence-corrected chi connectivity index (χ0v) is 8.99. The van der Waals surface area contributed by atoms with E-state index in [9.17, 15) is 4.79 Å². The van der Waals surface area contributed by atoms with Gasteiger partial charge < -0.3 is 14.4 Å². The van der Waals surface area contributed by atoms with E-state index in [4.69, 9.17) is 9.47 Å². The molecule has 0 spiro atoms. The van der Waals surface area contributed by atoms with Gasteiger partial charge in [0.05, 0.1) is 6.10 Å². The van der Waals surface area contributed by atoms with Gasteiger partial charge in [-0.15, -0.1) is 0 Å². The average molecular weight is 201 g/mol. The summed E-state index contributed by atoms with van der Waals surface area (Å²) in [5, 5.41) is 0. The minimum Gasteiger partial charge on any atom is -0.378 e. The zero-order valence-electron chi connectivity index (χ0n) is 8.99. The highest BCUT2D eigenvalue weighted by atomic mass is 16.5. The maximum absolute atomic E-state index is 11.4. The van der Waals surface area contributed by atoms with Crippen LogP contribution in [0.1, 0.15) is 19.8 Å². The second kappa shape index (κ2) is 5.98. The minimum atomic E-state index is 0.0856. The summed E-state index contributed by atoms with van der Waals surface area (Å²) in [5.41, 5.74) is 0. The lowest BCUT2D eigenvalue weighted by molar-refractivity contribution is -0.137. The summed E-state index contributed by atoms with van der Waals surface area (Å²) < 4.78 is 10.3. The highest BCUT2D eigenvalue weighted by Crippen LogP contribution is 2.13. The lowest BCUT2D eigenvalue weighted by Gasteiger charge is -2.31. The van der Waals surface area contributed by atoms with Crippen LogP contribution in [0.4, 0.5) is 0 Å². The van der Waals surface area contributed by atoms with E-state index in [0.29, 0.717) is 6.10 Å². The van der Waals surface area contributed by atoms with Gasteiger partial charge in [0.25, 0.3) is 0 Å². The van der Waals surface area contributed by atoms with Gasteiger partial charge in [0.2, 0.25) is 5.91 Å². The summed E-state index contributed by atoms with van der Waals surface area (Å²) in [5.74, 6) is 0.0856. The number of likely N-dealkylation sites (tertiary alicyclic amines) is 1. The fourth-order valence-corrected chi connectivity index (χ4v) is 1.72. The van der Waals surface area contributed by atoms with Gasteiger partial charge in [0.1, 0.15) is 6.61 Å². The Hall–Kier alpha value is -0.610. The van der Waals surface area contributed by atoms with Crippen molar-refractivity contribution in [1.82, 2.24) is 4.90 Å². The maximum Gasteiger partial charge on any atom is 0.248 e. The number of piperidine rings is 1. The van der Waals surface area contributed by atoms with Crippen molar-refractivity contribution in [3.63, 3.8) is 0 Å². The number of methoxy groups -OCH3 is 1. The van der Waals surface area contributed by atoms with Crippen molar-refractivity contribution in [2.45, 2.75) is 25.9 Å². The molecule has 4 nitrogen and oxygen atoms in total. The summed E-state index contributed by atoms with van der Waals surface area (Å²) >= 11 is 0. The van der Waals surface area contributed by atoms with Gasteiger partial charge in [-0.25, -0.2) is 0 Å². The molecule has 1 heterocycles. The highest BCUT2D eigenvalue weighted by Gasteiger charge is 2.22. The predicted molar refractivity (Wildman–Crippen MR) is 53.1 cm³/mol. The molecule has 0 bridgehead atoms. The molecule has 1 saturated heterocycles. The summed E-state index contributed by atoms with van der Waals surface area (Å²) in [6, 6.07) is 0. The summed E-state index contributed by atoms with van der Waals surface area (Å²) in [7, 11) is 1.55. The van der Waals surface area contributed by atoms with Gasteiger partial charge in [0.15, 0.2) is 0 Å². The molecule has 82 valence electrons. The van der Waals surface area contributed by atoms with Gasteiger partial charge in [-0.3, -0.25) is 4.79 Å². The normalized spacial score (nSPS) is 18.6. The molecule has 1 amide bonds. The Kier molecular flexibility index (Phi) is 4.90. The van der Waals surface area contributed by atoms with Gasteiger partial charge in [0, 0.05) is 26.8 Å². The van der Waals surface area contributed by atoms with E-state index in [0.717, 1.165) is 32.5 Å². The molecule has 0 atom stereocenters. The third-order valence-electron chi connectivity index (χ3n) is 2.46. The van der Waals surface area contributed by atoms with E-state index in [-0.39, 0.29) is 12.5 Å². The Balaban J connectivity index is 2.24. The van der Waals surface area contributed by atoms with Crippen molar-refractivity contribution < 1.29 is 14.3 Å². The van der Waals surface area contributed by atoms with Crippen molar-refractivity contribution in [2.75, 3.05) is 33.4 Å². The molecule has 0 N–H and O–H groups in total. The first-order valence-corrected chi connectivity index (χ1v) is 5.16. The molecule has 0 unspecified atom stereocenters. The lowest BCUT2D eigenvalue weighted by Crippen LogP contribution is -2.42. The van der Waals surface area contributed by atoms with Gasteiger partial charge in [-0.1, -0.05) is 0 Å². The van der Waals surface area contributed by atoms with E-state index < -0.39 is 0 Å². The van der Waals surface area contributed by atoms with Gasteiger partial charge in [-0.2, -0.15) is 0 Å². The molecule has 14 heavy (non-hydrogen) atoms. The Morgan fingerprint density at radius 3 is 2.57 bits per heavy atom. The fraction of sp³-hybridized carbons (Fsp3) is 0.900. The van der Waals surface area contributed by atoms with Gasteiger partial charge in [-0.05, 0) is 19.8 Å². The van der Waals surface area contributed by atoms with Crippen LogP contribution in [0, 0.1) is 0 Å². The van der Waals surface area contributed by atoms with Crippen molar-refractivity contribution in [3.8, 4) is 0 Å². The van der Waals surface area contributed by atoms with Crippen LogP contribution < -0.4 is 0 Å². The molecule has 1 aliphatic rings. The van der Waals surface area contributed by atoms with E-state index in [1.807, 2.05) is 11.8 Å². The summed E-state index contributed by atoms with van der Waals surface area (Å²) in [4.78, 5) is 13.3. The second-order valence-electron chi connectivity index (χ2n) is 3.47. The molecule has 0 aromatic rings. The number of nitrogens with zero attached hydrogens (tertiary/aromatic N) is 1. The Morgan fingerprint density at radius 1 is 1.43 bits per heavy atom. The largest absolute Gasteiger partial charge is 0.378 e. The van der Waals surface area contributed by atoms with Crippen LogP contribution in [0.3, 0.4) is 0 Å². The van der Waals surface area contributed by atoms with Crippen LogP contribution in [0.2, 0.25) is 0 Å².